The normalized spacial score (nSPS) is 11.0. The first-order chi connectivity index (χ1) is 10.8. The first kappa shape index (κ1) is 14.4. The Kier molecular flexibility index (Phi) is 4.28. The van der Waals surface area contributed by atoms with Crippen molar-refractivity contribution >= 4 is 16.9 Å². The van der Waals surface area contributed by atoms with E-state index in [1.54, 1.807) is 6.07 Å². The molecule has 0 saturated carbocycles. The zero-order valence-corrected chi connectivity index (χ0v) is 12.6. The lowest BCUT2D eigenvalue weighted by atomic mass is 10.2. The monoisotopic (exact) mass is 297 g/mol. The summed E-state index contributed by atoms with van der Waals surface area (Å²) in [6.45, 7) is 3.29. The fraction of sp³-hybridized carbons (Fsp3) is 0.278. The molecule has 22 heavy (non-hydrogen) atoms. The molecule has 114 valence electrons. The van der Waals surface area contributed by atoms with Gasteiger partial charge in [0.25, 0.3) is 5.91 Å². The fourth-order valence-electron chi connectivity index (χ4n) is 2.47. The molecule has 2 heterocycles. The standard InChI is InChI=1S/C18H19NO3/c1-2-3-9-19(18(20)15-8-10-21-13-15)12-16-11-14-6-4-5-7-17(14)22-16/h4-8,10-11,13H,2-3,9,12H2,1H3. The summed E-state index contributed by atoms with van der Waals surface area (Å²) in [4.78, 5) is 14.4. The van der Waals surface area contributed by atoms with Gasteiger partial charge >= 0.3 is 0 Å². The second-order valence-corrected chi connectivity index (χ2v) is 5.34. The Morgan fingerprint density at radius 1 is 1.23 bits per heavy atom. The molecule has 0 bridgehead atoms. The number of para-hydroxylation sites is 1. The zero-order chi connectivity index (χ0) is 15.4. The molecule has 4 heteroatoms. The van der Waals surface area contributed by atoms with Crippen LogP contribution >= 0.6 is 0 Å². The minimum atomic E-state index is -0.0253. The number of unbranched alkanes of at least 4 members (excludes halogenated alkanes) is 1. The molecule has 0 aliphatic rings. The highest BCUT2D eigenvalue weighted by molar-refractivity contribution is 5.93. The van der Waals surface area contributed by atoms with Crippen LogP contribution in [-0.2, 0) is 6.54 Å². The molecule has 0 fully saturated rings. The highest BCUT2D eigenvalue weighted by atomic mass is 16.3. The van der Waals surface area contributed by atoms with Gasteiger partial charge < -0.3 is 13.7 Å². The van der Waals surface area contributed by atoms with Crippen LogP contribution in [0.3, 0.4) is 0 Å². The van der Waals surface area contributed by atoms with Gasteiger partial charge in [-0.25, -0.2) is 0 Å². The van der Waals surface area contributed by atoms with Crippen LogP contribution < -0.4 is 0 Å². The molecular weight excluding hydrogens is 278 g/mol. The van der Waals surface area contributed by atoms with Crippen LogP contribution in [0.1, 0.15) is 35.9 Å². The summed E-state index contributed by atoms with van der Waals surface area (Å²) >= 11 is 0. The van der Waals surface area contributed by atoms with Gasteiger partial charge in [-0.2, -0.15) is 0 Å². The highest BCUT2D eigenvalue weighted by Gasteiger charge is 2.18. The van der Waals surface area contributed by atoms with E-state index in [-0.39, 0.29) is 5.91 Å². The van der Waals surface area contributed by atoms with Gasteiger partial charge in [-0.15, -0.1) is 0 Å². The summed E-state index contributed by atoms with van der Waals surface area (Å²) in [5, 5.41) is 1.06. The number of benzene rings is 1. The minimum Gasteiger partial charge on any atom is -0.472 e. The van der Waals surface area contributed by atoms with Gasteiger partial charge in [0.15, 0.2) is 0 Å². The van der Waals surface area contributed by atoms with E-state index >= 15 is 0 Å². The first-order valence-electron chi connectivity index (χ1n) is 7.57. The molecule has 0 aliphatic carbocycles. The number of rotatable bonds is 6. The van der Waals surface area contributed by atoms with E-state index in [0.29, 0.717) is 18.7 Å². The average Bonchev–Trinajstić information content (AvgIpc) is 3.19. The molecule has 1 amide bonds. The van der Waals surface area contributed by atoms with E-state index in [2.05, 4.69) is 6.92 Å². The summed E-state index contributed by atoms with van der Waals surface area (Å²) in [7, 11) is 0. The van der Waals surface area contributed by atoms with Crippen LogP contribution in [0.4, 0.5) is 0 Å². The van der Waals surface area contributed by atoms with Crippen LogP contribution in [0.2, 0.25) is 0 Å². The molecule has 0 saturated heterocycles. The Morgan fingerprint density at radius 3 is 2.82 bits per heavy atom. The molecule has 1 aromatic carbocycles. The lowest BCUT2D eigenvalue weighted by Gasteiger charge is -2.20. The number of carbonyl (C=O) groups is 1. The lowest BCUT2D eigenvalue weighted by molar-refractivity contribution is 0.0729. The molecule has 0 unspecified atom stereocenters. The van der Waals surface area contributed by atoms with Gasteiger partial charge in [-0.1, -0.05) is 31.5 Å². The second-order valence-electron chi connectivity index (χ2n) is 5.34. The number of nitrogens with zero attached hydrogens (tertiary/aromatic N) is 1. The topological polar surface area (TPSA) is 46.6 Å². The van der Waals surface area contributed by atoms with Crippen molar-refractivity contribution in [2.24, 2.45) is 0 Å². The van der Waals surface area contributed by atoms with Crippen molar-refractivity contribution in [2.75, 3.05) is 6.54 Å². The zero-order valence-electron chi connectivity index (χ0n) is 12.6. The van der Waals surface area contributed by atoms with Crippen molar-refractivity contribution < 1.29 is 13.6 Å². The van der Waals surface area contributed by atoms with Crippen LogP contribution in [0, 0.1) is 0 Å². The van der Waals surface area contributed by atoms with Gasteiger partial charge in [0.1, 0.15) is 17.6 Å². The number of carbonyl (C=O) groups excluding carboxylic acids is 1. The van der Waals surface area contributed by atoms with Gasteiger partial charge in [-0.3, -0.25) is 4.79 Å². The van der Waals surface area contributed by atoms with Crippen LogP contribution in [0.25, 0.3) is 11.0 Å². The smallest absolute Gasteiger partial charge is 0.257 e. The van der Waals surface area contributed by atoms with Crippen LogP contribution in [0.5, 0.6) is 0 Å². The van der Waals surface area contributed by atoms with Crippen molar-refractivity contribution in [3.63, 3.8) is 0 Å². The van der Waals surface area contributed by atoms with E-state index in [0.717, 1.165) is 29.6 Å². The number of hydrogen-bond donors (Lipinski definition) is 0. The highest BCUT2D eigenvalue weighted by Crippen LogP contribution is 2.21. The van der Waals surface area contributed by atoms with Gasteiger partial charge in [0.05, 0.1) is 18.4 Å². The maximum absolute atomic E-state index is 12.6. The summed E-state index contributed by atoms with van der Waals surface area (Å²) in [6.07, 6.45) is 5.01. The van der Waals surface area contributed by atoms with Gasteiger partial charge in [0, 0.05) is 11.9 Å². The molecule has 0 N–H and O–H groups in total. The lowest BCUT2D eigenvalue weighted by Crippen LogP contribution is -2.31. The maximum atomic E-state index is 12.6. The van der Waals surface area contributed by atoms with Crippen molar-refractivity contribution in [2.45, 2.75) is 26.3 Å². The van der Waals surface area contributed by atoms with E-state index in [1.165, 1.54) is 12.5 Å². The summed E-state index contributed by atoms with van der Waals surface area (Å²) in [5.41, 5.74) is 1.43. The predicted octanol–water partition coefficient (Wildman–Crippen LogP) is 4.47. The second kappa shape index (κ2) is 6.52. The molecule has 4 nitrogen and oxygen atoms in total. The number of furan rings is 2. The average molecular weight is 297 g/mol. The van der Waals surface area contributed by atoms with E-state index < -0.39 is 0 Å². The fourth-order valence-corrected chi connectivity index (χ4v) is 2.47. The Balaban J connectivity index is 1.81. The largest absolute Gasteiger partial charge is 0.472 e. The molecule has 3 rings (SSSR count). The Hall–Kier alpha value is -2.49. The van der Waals surface area contributed by atoms with Crippen molar-refractivity contribution in [1.29, 1.82) is 0 Å². The van der Waals surface area contributed by atoms with E-state index in [1.807, 2.05) is 35.2 Å². The Morgan fingerprint density at radius 2 is 2.09 bits per heavy atom. The maximum Gasteiger partial charge on any atom is 0.257 e. The molecule has 0 radical (unpaired) electrons. The SMILES string of the molecule is CCCCN(Cc1cc2ccccc2o1)C(=O)c1ccoc1. The summed E-state index contributed by atoms with van der Waals surface area (Å²) < 4.78 is 10.8. The van der Waals surface area contributed by atoms with Crippen LogP contribution in [-0.4, -0.2) is 17.4 Å². The van der Waals surface area contributed by atoms with Gasteiger partial charge in [-0.05, 0) is 24.6 Å². The molecule has 0 spiro atoms. The van der Waals surface area contributed by atoms with Crippen molar-refractivity contribution in [3.8, 4) is 0 Å². The minimum absolute atomic E-state index is 0.0253. The third-order valence-corrected chi connectivity index (χ3v) is 3.66. The number of amides is 1. The first-order valence-corrected chi connectivity index (χ1v) is 7.57. The van der Waals surface area contributed by atoms with E-state index in [4.69, 9.17) is 8.83 Å². The molecular formula is C18H19NO3. The van der Waals surface area contributed by atoms with Gasteiger partial charge in [0.2, 0.25) is 0 Å². The Bertz CT molecular complexity index is 710. The molecule has 3 aromatic rings. The summed E-state index contributed by atoms with van der Waals surface area (Å²) in [6, 6.07) is 11.6. The van der Waals surface area contributed by atoms with E-state index in [9.17, 15) is 4.79 Å². The molecule has 0 atom stereocenters. The predicted molar refractivity (Wildman–Crippen MR) is 84.6 cm³/mol. The summed E-state index contributed by atoms with van der Waals surface area (Å²) in [5.74, 6) is 0.775. The third-order valence-electron chi connectivity index (χ3n) is 3.66. The third kappa shape index (κ3) is 3.06. The Labute approximate surface area is 129 Å². The number of hydrogen-bond acceptors (Lipinski definition) is 3. The number of fused-ring (bicyclic) bond motifs is 1. The van der Waals surface area contributed by atoms with Crippen molar-refractivity contribution in [1.82, 2.24) is 4.90 Å². The van der Waals surface area contributed by atoms with Crippen LogP contribution in [0.15, 0.2) is 57.8 Å². The quantitative estimate of drug-likeness (QED) is 0.674. The van der Waals surface area contributed by atoms with Crippen molar-refractivity contribution in [3.05, 3.63) is 60.2 Å². The molecule has 2 aromatic heterocycles. The molecule has 0 aliphatic heterocycles.